The van der Waals surface area contributed by atoms with E-state index in [0.29, 0.717) is 23.1 Å². The zero-order chi connectivity index (χ0) is 16.2. The molecule has 1 aliphatic heterocycles. The minimum Gasteiger partial charge on any atom is -0.495 e. The summed E-state index contributed by atoms with van der Waals surface area (Å²) in [5.74, 6) is 1.35. The number of carbonyl (C=O) groups is 1. The normalized spacial score (nSPS) is 17.1. The number of anilines is 1. The van der Waals surface area contributed by atoms with E-state index in [0.717, 1.165) is 18.5 Å². The first kappa shape index (κ1) is 15.6. The number of hydrogen-bond donors (Lipinski definition) is 1. The molecule has 0 aliphatic carbocycles. The predicted octanol–water partition coefficient (Wildman–Crippen LogP) is 3.07. The number of hydrogen-bond acceptors (Lipinski definition) is 4. The van der Waals surface area contributed by atoms with Crippen molar-refractivity contribution in [2.24, 2.45) is 0 Å². The first-order valence-corrected chi connectivity index (χ1v) is 7.85. The van der Waals surface area contributed by atoms with Crippen LogP contribution in [0.15, 0.2) is 42.6 Å². The molecule has 0 bridgehead atoms. The molecule has 2 aromatic rings. The van der Waals surface area contributed by atoms with Gasteiger partial charge < -0.3 is 15.0 Å². The van der Waals surface area contributed by atoms with E-state index in [1.165, 1.54) is 0 Å². The fourth-order valence-corrected chi connectivity index (χ4v) is 2.87. The number of aromatic nitrogens is 1. The SMILES string of the molecule is COc1cc(NC2CCN(C(=O)c3ccccc3)C2)ncc1Cl. The number of rotatable bonds is 4. The zero-order valence-corrected chi connectivity index (χ0v) is 13.6. The molecular formula is C17H18ClN3O2. The first-order chi connectivity index (χ1) is 11.2. The van der Waals surface area contributed by atoms with Crippen molar-refractivity contribution in [3.8, 4) is 5.75 Å². The summed E-state index contributed by atoms with van der Waals surface area (Å²) in [6, 6.07) is 11.3. The molecule has 1 aliphatic rings. The Morgan fingerprint density at radius 1 is 1.39 bits per heavy atom. The maximum absolute atomic E-state index is 12.4. The van der Waals surface area contributed by atoms with Gasteiger partial charge in [0, 0.05) is 30.8 Å². The van der Waals surface area contributed by atoms with E-state index in [4.69, 9.17) is 16.3 Å². The zero-order valence-electron chi connectivity index (χ0n) is 12.8. The summed E-state index contributed by atoms with van der Waals surface area (Å²) in [7, 11) is 1.57. The second-order valence-electron chi connectivity index (χ2n) is 5.45. The van der Waals surface area contributed by atoms with Gasteiger partial charge in [-0.25, -0.2) is 4.98 Å². The van der Waals surface area contributed by atoms with Crippen molar-refractivity contribution in [3.05, 3.63) is 53.2 Å². The number of carbonyl (C=O) groups excluding carboxylic acids is 1. The summed E-state index contributed by atoms with van der Waals surface area (Å²) in [5.41, 5.74) is 0.722. The molecule has 1 amide bonds. The largest absolute Gasteiger partial charge is 0.495 e. The number of amides is 1. The van der Waals surface area contributed by atoms with Gasteiger partial charge in [0.15, 0.2) is 0 Å². The van der Waals surface area contributed by atoms with Gasteiger partial charge in [-0.2, -0.15) is 0 Å². The molecule has 120 valence electrons. The van der Waals surface area contributed by atoms with Gasteiger partial charge in [-0.3, -0.25) is 4.79 Å². The standard InChI is InChI=1S/C17H18ClN3O2/c1-23-15-9-16(19-10-14(15)18)20-13-7-8-21(11-13)17(22)12-5-3-2-4-6-12/h2-6,9-10,13H,7-8,11H2,1H3,(H,19,20). The Morgan fingerprint density at radius 2 is 2.17 bits per heavy atom. The number of likely N-dealkylation sites (tertiary alicyclic amines) is 1. The van der Waals surface area contributed by atoms with Gasteiger partial charge in [-0.05, 0) is 18.6 Å². The van der Waals surface area contributed by atoms with Crippen molar-refractivity contribution in [1.82, 2.24) is 9.88 Å². The Labute approximate surface area is 140 Å². The molecule has 1 N–H and O–H groups in total. The monoisotopic (exact) mass is 331 g/mol. The number of halogens is 1. The number of nitrogens with one attached hydrogen (secondary N) is 1. The first-order valence-electron chi connectivity index (χ1n) is 7.48. The van der Waals surface area contributed by atoms with Crippen molar-refractivity contribution < 1.29 is 9.53 Å². The maximum atomic E-state index is 12.4. The van der Waals surface area contributed by atoms with Crippen LogP contribution in [0.4, 0.5) is 5.82 Å². The van der Waals surface area contributed by atoms with Crippen LogP contribution in [0, 0.1) is 0 Å². The molecule has 1 atom stereocenters. The fourth-order valence-electron chi connectivity index (χ4n) is 2.69. The van der Waals surface area contributed by atoms with Crippen molar-refractivity contribution in [2.75, 3.05) is 25.5 Å². The third-order valence-corrected chi connectivity index (χ3v) is 4.17. The maximum Gasteiger partial charge on any atom is 0.253 e. The minimum atomic E-state index is 0.0662. The molecule has 2 heterocycles. The lowest BCUT2D eigenvalue weighted by Crippen LogP contribution is -2.31. The van der Waals surface area contributed by atoms with Gasteiger partial charge >= 0.3 is 0 Å². The van der Waals surface area contributed by atoms with Crippen LogP contribution in [0.5, 0.6) is 5.75 Å². The number of pyridine rings is 1. The van der Waals surface area contributed by atoms with E-state index in [2.05, 4.69) is 10.3 Å². The summed E-state index contributed by atoms with van der Waals surface area (Å²) >= 11 is 5.98. The molecule has 0 spiro atoms. The number of methoxy groups -OCH3 is 1. The van der Waals surface area contributed by atoms with Crippen molar-refractivity contribution in [2.45, 2.75) is 12.5 Å². The summed E-state index contributed by atoms with van der Waals surface area (Å²) < 4.78 is 5.19. The molecule has 1 saturated heterocycles. The highest BCUT2D eigenvalue weighted by atomic mass is 35.5. The second-order valence-corrected chi connectivity index (χ2v) is 5.86. The minimum absolute atomic E-state index is 0.0662. The van der Waals surface area contributed by atoms with E-state index < -0.39 is 0 Å². The Morgan fingerprint density at radius 3 is 2.91 bits per heavy atom. The van der Waals surface area contributed by atoms with Crippen LogP contribution in [-0.2, 0) is 0 Å². The van der Waals surface area contributed by atoms with E-state index in [1.807, 2.05) is 35.2 Å². The Bertz CT molecular complexity index is 693. The highest BCUT2D eigenvalue weighted by Gasteiger charge is 2.27. The summed E-state index contributed by atoms with van der Waals surface area (Å²) in [6.07, 6.45) is 2.44. The van der Waals surface area contributed by atoms with Crippen LogP contribution in [0.2, 0.25) is 5.02 Å². The summed E-state index contributed by atoms with van der Waals surface area (Å²) in [5, 5.41) is 3.81. The van der Waals surface area contributed by atoms with Crippen LogP contribution in [0.25, 0.3) is 0 Å². The fraction of sp³-hybridized carbons (Fsp3) is 0.294. The highest BCUT2D eigenvalue weighted by Crippen LogP contribution is 2.26. The number of nitrogens with zero attached hydrogens (tertiary/aromatic N) is 2. The van der Waals surface area contributed by atoms with E-state index >= 15 is 0 Å². The smallest absolute Gasteiger partial charge is 0.253 e. The molecule has 1 fully saturated rings. The third kappa shape index (κ3) is 3.56. The molecule has 5 nitrogen and oxygen atoms in total. The van der Waals surface area contributed by atoms with Gasteiger partial charge in [0.05, 0.1) is 13.3 Å². The second kappa shape index (κ2) is 6.87. The quantitative estimate of drug-likeness (QED) is 0.935. The third-order valence-electron chi connectivity index (χ3n) is 3.89. The Hall–Kier alpha value is -2.27. The molecule has 1 unspecified atom stereocenters. The molecule has 6 heteroatoms. The number of ether oxygens (including phenoxy) is 1. The topological polar surface area (TPSA) is 54.5 Å². The van der Waals surface area contributed by atoms with E-state index in [-0.39, 0.29) is 11.9 Å². The molecule has 0 radical (unpaired) electrons. The molecule has 1 aromatic heterocycles. The van der Waals surface area contributed by atoms with Gasteiger partial charge in [0.25, 0.3) is 5.91 Å². The highest BCUT2D eigenvalue weighted by molar-refractivity contribution is 6.31. The lowest BCUT2D eigenvalue weighted by molar-refractivity contribution is 0.0791. The van der Waals surface area contributed by atoms with Crippen molar-refractivity contribution >= 4 is 23.3 Å². The molecule has 1 aromatic carbocycles. The Balaban J connectivity index is 1.63. The average molecular weight is 332 g/mol. The van der Waals surface area contributed by atoms with Crippen LogP contribution in [0.3, 0.4) is 0 Å². The van der Waals surface area contributed by atoms with Gasteiger partial charge in [0.2, 0.25) is 0 Å². The molecule has 0 saturated carbocycles. The molecule has 23 heavy (non-hydrogen) atoms. The van der Waals surface area contributed by atoms with Crippen LogP contribution in [-0.4, -0.2) is 42.0 Å². The van der Waals surface area contributed by atoms with Gasteiger partial charge in [0.1, 0.15) is 16.6 Å². The predicted molar refractivity (Wildman–Crippen MR) is 90.2 cm³/mol. The molecular weight excluding hydrogens is 314 g/mol. The summed E-state index contributed by atoms with van der Waals surface area (Å²) in [6.45, 7) is 1.39. The van der Waals surface area contributed by atoms with Crippen molar-refractivity contribution in [1.29, 1.82) is 0 Å². The van der Waals surface area contributed by atoms with Gasteiger partial charge in [-0.15, -0.1) is 0 Å². The summed E-state index contributed by atoms with van der Waals surface area (Å²) in [4.78, 5) is 18.5. The van der Waals surface area contributed by atoms with Gasteiger partial charge in [-0.1, -0.05) is 29.8 Å². The van der Waals surface area contributed by atoms with E-state index in [9.17, 15) is 4.79 Å². The Kier molecular flexibility index (Phi) is 4.67. The van der Waals surface area contributed by atoms with Crippen molar-refractivity contribution in [3.63, 3.8) is 0 Å². The van der Waals surface area contributed by atoms with Crippen LogP contribution >= 0.6 is 11.6 Å². The van der Waals surface area contributed by atoms with Crippen LogP contribution < -0.4 is 10.1 Å². The lowest BCUT2D eigenvalue weighted by atomic mass is 10.2. The molecule has 3 rings (SSSR count). The lowest BCUT2D eigenvalue weighted by Gasteiger charge is -2.17. The number of benzene rings is 1. The average Bonchev–Trinajstić information content (AvgIpc) is 3.05. The van der Waals surface area contributed by atoms with E-state index in [1.54, 1.807) is 19.4 Å². The van der Waals surface area contributed by atoms with Crippen LogP contribution in [0.1, 0.15) is 16.8 Å².